The van der Waals surface area contributed by atoms with E-state index in [9.17, 15) is 9.90 Å². The third-order valence-corrected chi connectivity index (χ3v) is 5.22. The summed E-state index contributed by atoms with van der Waals surface area (Å²) >= 11 is 1.29. The molecule has 0 saturated heterocycles. The fourth-order valence-electron chi connectivity index (χ4n) is 2.76. The van der Waals surface area contributed by atoms with E-state index >= 15 is 0 Å². The minimum atomic E-state index is -0.470. The first-order chi connectivity index (χ1) is 11.0. The second-order valence-corrected chi connectivity index (χ2v) is 6.45. The SMILES string of the molecule is CCOC(=O)c1sc(-c2c(C)ccc3ccccc23)c(C)c1O. The number of carbonyl (C=O) groups excluding carboxylic acids is 1. The van der Waals surface area contributed by atoms with E-state index in [1.807, 2.05) is 26.0 Å². The van der Waals surface area contributed by atoms with Gasteiger partial charge in [-0.05, 0) is 37.1 Å². The number of fused-ring (bicyclic) bond motifs is 1. The van der Waals surface area contributed by atoms with Crippen LogP contribution in [0.2, 0.25) is 0 Å². The quantitative estimate of drug-likeness (QED) is 0.684. The Morgan fingerprint density at radius 1 is 1.17 bits per heavy atom. The number of benzene rings is 2. The van der Waals surface area contributed by atoms with Crippen LogP contribution in [0.1, 0.15) is 27.7 Å². The van der Waals surface area contributed by atoms with Crippen LogP contribution in [-0.4, -0.2) is 17.7 Å². The van der Waals surface area contributed by atoms with Crippen LogP contribution in [0.4, 0.5) is 0 Å². The van der Waals surface area contributed by atoms with Gasteiger partial charge in [-0.1, -0.05) is 36.4 Å². The Morgan fingerprint density at radius 3 is 2.65 bits per heavy atom. The maximum Gasteiger partial charge on any atom is 0.352 e. The second-order valence-electron chi connectivity index (χ2n) is 5.43. The first kappa shape index (κ1) is 15.6. The Bertz CT molecular complexity index is 893. The molecule has 0 saturated carbocycles. The third-order valence-electron chi connectivity index (χ3n) is 3.94. The van der Waals surface area contributed by atoms with Gasteiger partial charge in [-0.3, -0.25) is 0 Å². The van der Waals surface area contributed by atoms with Crippen LogP contribution in [0.5, 0.6) is 5.75 Å². The number of ether oxygens (including phenoxy) is 1. The normalized spacial score (nSPS) is 10.9. The number of aryl methyl sites for hydroxylation is 1. The number of esters is 1. The van der Waals surface area contributed by atoms with Gasteiger partial charge in [-0.15, -0.1) is 11.3 Å². The van der Waals surface area contributed by atoms with Gasteiger partial charge in [0.05, 0.1) is 6.61 Å². The molecular weight excluding hydrogens is 308 g/mol. The first-order valence-electron chi connectivity index (χ1n) is 7.52. The molecule has 0 aliphatic carbocycles. The molecule has 0 fully saturated rings. The predicted octanol–water partition coefficient (Wildman–Crippen LogP) is 5.07. The molecule has 118 valence electrons. The molecule has 3 aromatic rings. The molecule has 0 atom stereocenters. The van der Waals surface area contributed by atoms with Gasteiger partial charge < -0.3 is 9.84 Å². The van der Waals surface area contributed by atoms with E-state index in [0.29, 0.717) is 0 Å². The Hall–Kier alpha value is -2.33. The molecular formula is C19H18O3S. The van der Waals surface area contributed by atoms with Crippen molar-refractivity contribution in [2.45, 2.75) is 20.8 Å². The topological polar surface area (TPSA) is 46.5 Å². The third kappa shape index (κ3) is 2.59. The van der Waals surface area contributed by atoms with Crippen molar-refractivity contribution >= 4 is 28.1 Å². The minimum absolute atomic E-state index is 0.0239. The highest BCUT2D eigenvalue weighted by Crippen LogP contribution is 2.44. The summed E-state index contributed by atoms with van der Waals surface area (Å²) in [7, 11) is 0. The van der Waals surface area contributed by atoms with E-state index in [1.54, 1.807) is 6.92 Å². The molecule has 2 aromatic carbocycles. The predicted molar refractivity (Wildman–Crippen MR) is 94.4 cm³/mol. The van der Waals surface area contributed by atoms with Crippen molar-refractivity contribution in [2.24, 2.45) is 0 Å². The molecule has 3 rings (SSSR count). The zero-order chi connectivity index (χ0) is 16.6. The van der Waals surface area contributed by atoms with E-state index in [-0.39, 0.29) is 17.2 Å². The Morgan fingerprint density at radius 2 is 1.91 bits per heavy atom. The lowest BCUT2D eigenvalue weighted by Crippen LogP contribution is -2.02. The molecule has 3 nitrogen and oxygen atoms in total. The molecule has 0 unspecified atom stereocenters. The zero-order valence-electron chi connectivity index (χ0n) is 13.3. The number of hydrogen-bond acceptors (Lipinski definition) is 4. The minimum Gasteiger partial charge on any atom is -0.506 e. The zero-order valence-corrected chi connectivity index (χ0v) is 14.2. The average Bonchev–Trinajstić information content (AvgIpc) is 2.84. The van der Waals surface area contributed by atoms with Crippen molar-refractivity contribution in [2.75, 3.05) is 6.61 Å². The largest absolute Gasteiger partial charge is 0.506 e. The maximum atomic E-state index is 12.0. The van der Waals surface area contributed by atoms with Crippen LogP contribution in [-0.2, 0) is 4.74 Å². The number of carbonyl (C=O) groups is 1. The lowest BCUT2D eigenvalue weighted by Gasteiger charge is -2.09. The summed E-state index contributed by atoms with van der Waals surface area (Å²) in [5.41, 5.74) is 2.90. The summed E-state index contributed by atoms with van der Waals surface area (Å²) < 4.78 is 5.04. The highest BCUT2D eigenvalue weighted by Gasteiger charge is 2.23. The van der Waals surface area contributed by atoms with Gasteiger partial charge in [0.1, 0.15) is 5.75 Å². The first-order valence-corrected chi connectivity index (χ1v) is 8.34. The van der Waals surface area contributed by atoms with Crippen LogP contribution in [0.25, 0.3) is 21.2 Å². The number of rotatable bonds is 3. The fraction of sp³-hybridized carbons (Fsp3) is 0.211. The van der Waals surface area contributed by atoms with Crippen LogP contribution in [0.3, 0.4) is 0 Å². The molecule has 4 heteroatoms. The summed E-state index contributed by atoms with van der Waals surface area (Å²) in [5, 5.41) is 12.6. The van der Waals surface area contributed by atoms with E-state index < -0.39 is 5.97 Å². The fourth-order valence-corrected chi connectivity index (χ4v) is 3.98. The molecule has 23 heavy (non-hydrogen) atoms. The molecule has 1 aromatic heterocycles. The van der Waals surface area contributed by atoms with Crippen LogP contribution in [0.15, 0.2) is 36.4 Å². The van der Waals surface area contributed by atoms with Crippen molar-refractivity contribution < 1.29 is 14.6 Å². The Labute approximate surface area is 139 Å². The molecule has 0 radical (unpaired) electrons. The van der Waals surface area contributed by atoms with Crippen molar-refractivity contribution in [3.8, 4) is 16.2 Å². The maximum absolute atomic E-state index is 12.0. The summed E-state index contributed by atoms with van der Waals surface area (Å²) in [6.45, 7) is 5.93. The van der Waals surface area contributed by atoms with Gasteiger partial charge in [-0.2, -0.15) is 0 Å². The van der Waals surface area contributed by atoms with Gasteiger partial charge in [0, 0.05) is 16.0 Å². The average molecular weight is 326 g/mol. The second kappa shape index (κ2) is 6.05. The molecule has 0 aliphatic rings. The van der Waals surface area contributed by atoms with Gasteiger partial charge >= 0.3 is 5.97 Å². The molecule has 0 spiro atoms. The van der Waals surface area contributed by atoms with Crippen LogP contribution >= 0.6 is 11.3 Å². The van der Waals surface area contributed by atoms with Crippen molar-refractivity contribution in [3.63, 3.8) is 0 Å². The Kier molecular flexibility index (Phi) is 4.09. The Balaban J connectivity index is 2.26. The van der Waals surface area contributed by atoms with Crippen molar-refractivity contribution in [1.82, 2.24) is 0 Å². The van der Waals surface area contributed by atoms with E-state index in [4.69, 9.17) is 4.74 Å². The summed E-state index contributed by atoms with van der Waals surface area (Å²) in [6, 6.07) is 12.3. The van der Waals surface area contributed by atoms with Gasteiger partial charge in [0.25, 0.3) is 0 Å². The molecule has 1 N–H and O–H groups in total. The molecule has 1 heterocycles. The molecule has 0 amide bonds. The summed E-state index contributed by atoms with van der Waals surface area (Å²) in [6.07, 6.45) is 0. The lowest BCUT2D eigenvalue weighted by molar-refractivity contribution is 0.0529. The van der Waals surface area contributed by atoms with Crippen molar-refractivity contribution in [1.29, 1.82) is 0 Å². The highest BCUT2D eigenvalue weighted by molar-refractivity contribution is 7.18. The summed E-state index contributed by atoms with van der Waals surface area (Å²) in [4.78, 5) is 13.2. The van der Waals surface area contributed by atoms with E-state index in [0.717, 1.165) is 32.3 Å². The van der Waals surface area contributed by atoms with Gasteiger partial charge in [-0.25, -0.2) is 4.79 Å². The molecule has 0 aliphatic heterocycles. The van der Waals surface area contributed by atoms with Crippen LogP contribution in [0, 0.1) is 13.8 Å². The number of thiophene rings is 1. The van der Waals surface area contributed by atoms with E-state index in [1.165, 1.54) is 11.3 Å². The smallest absolute Gasteiger partial charge is 0.352 e. The number of hydrogen-bond donors (Lipinski definition) is 1. The van der Waals surface area contributed by atoms with Gasteiger partial charge in [0.2, 0.25) is 0 Å². The van der Waals surface area contributed by atoms with Crippen molar-refractivity contribution in [3.05, 3.63) is 52.4 Å². The van der Waals surface area contributed by atoms with Gasteiger partial charge in [0.15, 0.2) is 4.88 Å². The standard InChI is InChI=1S/C19H18O3S/c1-4-22-19(21)18-16(20)12(3)17(23-18)15-11(2)9-10-13-7-5-6-8-14(13)15/h5-10,20H,4H2,1-3H3. The van der Waals surface area contributed by atoms with E-state index in [2.05, 4.69) is 24.3 Å². The lowest BCUT2D eigenvalue weighted by atomic mass is 9.97. The van der Waals surface area contributed by atoms with Crippen LogP contribution < -0.4 is 0 Å². The number of aromatic hydroxyl groups is 1. The summed E-state index contributed by atoms with van der Waals surface area (Å²) in [5.74, 6) is -0.446. The monoisotopic (exact) mass is 326 g/mol. The highest BCUT2D eigenvalue weighted by atomic mass is 32.1. The molecule has 0 bridgehead atoms.